The number of methoxy groups -OCH3 is 1. The minimum absolute atomic E-state index is 0.225. The van der Waals surface area contributed by atoms with Crippen LogP contribution in [0.5, 0.6) is 5.75 Å². The molecule has 5 nitrogen and oxygen atoms in total. The number of fused-ring (bicyclic) bond motifs is 1. The molecule has 0 N–H and O–H groups in total. The maximum Gasteiger partial charge on any atom is 0.234 e. The molecular formula is C20H15NO4. The summed E-state index contributed by atoms with van der Waals surface area (Å²) in [6, 6.07) is 16.7. The van der Waals surface area contributed by atoms with Crippen LogP contribution in [0.4, 0.5) is 0 Å². The number of ether oxygens (including phenoxy) is 1. The second-order valence-electron chi connectivity index (χ2n) is 5.65. The number of para-hydroxylation sites is 1. The molecule has 0 atom stereocenters. The van der Waals surface area contributed by atoms with E-state index in [1.54, 1.807) is 26.2 Å². The molecule has 0 saturated carbocycles. The first-order chi connectivity index (χ1) is 12.2. The van der Waals surface area contributed by atoms with Gasteiger partial charge in [-0.05, 0) is 19.1 Å². The Hall–Kier alpha value is -3.34. The van der Waals surface area contributed by atoms with Crippen molar-refractivity contribution < 1.29 is 18.5 Å². The summed E-state index contributed by atoms with van der Waals surface area (Å²) in [7, 11) is 1.57. The van der Waals surface area contributed by atoms with Crippen LogP contribution in [-0.4, -0.2) is 18.0 Å². The molecular weight excluding hydrogens is 318 g/mol. The third kappa shape index (κ3) is 2.50. The summed E-state index contributed by atoms with van der Waals surface area (Å²) < 4.78 is 16.3. The van der Waals surface area contributed by atoms with E-state index < -0.39 is 0 Å². The minimum atomic E-state index is -0.268. The maximum atomic E-state index is 13.1. The van der Waals surface area contributed by atoms with Gasteiger partial charge in [-0.3, -0.25) is 4.79 Å². The Bertz CT molecular complexity index is 1060. The topological polar surface area (TPSA) is 65.5 Å². The number of carbonyl (C=O) groups excluding carboxylic acids is 1. The van der Waals surface area contributed by atoms with Crippen molar-refractivity contribution in [3.63, 3.8) is 0 Å². The van der Waals surface area contributed by atoms with Crippen molar-refractivity contribution >= 4 is 16.8 Å². The van der Waals surface area contributed by atoms with E-state index >= 15 is 0 Å². The summed E-state index contributed by atoms with van der Waals surface area (Å²) in [5, 5.41) is 4.86. The number of rotatable bonds is 4. The zero-order valence-corrected chi connectivity index (χ0v) is 13.8. The van der Waals surface area contributed by atoms with Crippen molar-refractivity contribution in [2.24, 2.45) is 0 Å². The monoisotopic (exact) mass is 333 g/mol. The Kier molecular flexibility index (Phi) is 3.61. The van der Waals surface area contributed by atoms with E-state index in [0.717, 1.165) is 10.9 Å². The minimum Gasteiger partial charge on any atom is -0.493 e. The Morgan fingerprint density at radius 2 is 1.88 bits per heavy atom. The fourth-order valence-corrected chi connectivity index (χ4v) is 2.86. The average Bonchev–Trinajstić information content (AvgIpc) is 3.25. The molecule has 0 spiro atoms. The van der Waals surface area contributed by atoms with Gasteiger partial charge in [-0.15, -0.1) is 0 Å². The summed E-state index contributed by atoms with van der Waals surface area (Å²) in [5.41, 5.74) is 2.28. The number of aromatic nitrogens is 1. The lowest BCUT2D eigenvalue weighted by Crippen LogP contribution is -2.02. The predicted octanol–water partition coefficient (Wildman–Crippen LogP) is 4.64. The van der Waals surface area contributed by atoms with Gasteiger partial charge in [0.15, 0.2) is 17.1 Å². The van der Waals surface area contributed by atoms with E-state index in [-0.39, 0.29) is 11.5 Å². The standard InChI is InChI=1S/C20H15NO4/c1-12-17(18(21-25-12)13-7-4-3-5-8-13)19(22)16-11-14-9-6-10-15(23-2)20(14)24-16/h3-11H,1-2H3. The third-order valence-corrected chi connectivity index (χ3v) is 4.09. The third-order valence-electron chi connectivity index (χ3n) is 4.09. The number of aryl methyl sites for hydroxylation is 1. The molecule has 0 saturated heterocycles. The van der Waals surface area contributed by atoms with Crippen LogP contribution in [0.25, 0.3) is 22.2 Å². The van der Waals surface area contributed by atoms with E-state index in [4.69, 9.17) is 13.7 Å². The summed E-state index contributed by atoms with van der Waals surface area (Å²) in [4.78, 5) is 13.1. The zero-order valence-electron chi connectivity index (χ0n) is 13.8. The first-order valence-electron chi connectivity index (χ1n) is 7.82. The fraction of sp³-hybridized carbons (Fsp3) is 0.100. The zero-order chi connectivity index (χ0) is 17.4. The van der Waals surface area contributed by atoms with Crippen molar-refractivity contribution in [1.82, 2.24) is 5.16 Å². The number of ketones is 1. The molecule has 0 amide bonds. The van der Waals surface area contributed by atoms with Crippen molar-refractivity contribution in [2.45, 2.75) is 6.92 Å². The molecule has 2 aromatic heterocycles. The number of hydrogen-bond donors (Lipinski definition) is 0. The van der Waals surface area contributed by atoms with Gasteiger partial charge in [-0.1, -0.05) is 47.6 Å². The van der Waals surface area contributed by atoms with Crippen LogP contribution in [0.2, 0.25) is 0 Å². The summed E-state index contributed by atoms with van der Waals surface area (Å²) in [5.74, 6) is 0.997. The van der Waals surface area contributed by atoms with Gasteiger partial charge in [-0.25, -0.2) is 0 Å². The van der Waals surface area contributed by atoms with Crippen LogP contribution >= 0.6 is 0 Å². The van der Waals surface area contributed by atoms with Crippen molar-refractivity contribution in [3.05, 3.63) is 71.7 Å². The Morgan fingerprint density at radius 1 is 1.08 bits per heavy atom. The highest BCUT2D eigenvalue weighted by Crippen LogP contribution is 2.32. The second kappa shape index (κ2) is 5.94. The van der Waals surface area contributed by atoms with Gasteiger partial charge in [0.2, 0.25) is 5.78 Å². The van der Waals surface area contributed by atoms with Crippen LogP contribution in [0.15, 0.2) is 63.5 Å². The van der Waals surface area contributed by atoms with Crippen molar-refractivity contribution in [1.29, 1.82) is 0 Å². The number of benzene rings is 2. The van der Waals surface area contributed by atoms with Gasteiger partial charge >= 0.3 is 0 Å². The molecule has 0 aliphatic heterocycles. The SMILES string of the molecule is COc1cccc2cc(C(=O)c3c(-c4ccccc4)noc3C)oc12. The van der Waals surface area contributed by atoms with Crippen LogP contribution in [0.1, 0.15) is 21.9 Å². The van der Waals surface area contributed by atoms with Crippen molar-refractivity contribution in [2.75, 3.05) is 7.11 Å². The summed E-state index contributed by atoms with van der Waals surface area (Å²) in [6.45, 7) is 1.72. The summed E-state index contributed by atoms with van der Waals surface area (Å²) >= 11 is 0. The summed E-state index contributed by atoms with van der Waals surface area (Å²) in [6.07, 6.45) is 0. The number of nitrogens with zero attached hydrogens (tertiary/aromatic N) is 1. The Morgan fingerprint density at radius 3 is 2.64 bits per heavy atom. The van der Waals surface area contributed by atoms with E-state index in [9.17, 15) is 4.79 Å². The van der Waals surface area contributed by atoms with Gasteiger partial charge < -0.3 is 13.7 Å². The molecule has 2 heterocycles. The van der Waals surface area contributed by atoms with Crippen LogP contribution in [0.3, 0.4) is 0 Å². The molecule has 0 aliphatic rings. The normalized spacial score (nSPS) is 11.0. The first-order valence-corrected chi connectivity index (χ1v) is 7.82. The molecule has 0 radical (unpaired) electrons. The average molecular weight is 333 g/mol. The van der Waals surface area contributed by atoms with Gasteiger partial charge in [0.25, 0.3) is 0 Å². The van der Waals surface area contributed by atoms with Crippen LogP contribution in [0, 0.1) is 6.92 Å². The molecule has 2 aromatic carbocycles. The van der Waals surface area contributed by atoms with Crippen LogP contribution < -0.4 is 4.74 Å². The number of hydrogen-bond acceptors (Lipinski definition) is 5. The highest BCUT2D eigenvalue weighted by atomic mass is 16.5. The fourth-order valence-electron chi connectivity index (χ4n) is 2.86. The molecule has 25 heavy (non-hydrogen) atoms. The van der Waals surface area contributed by atoms with E-state index in [1.807, 2.05) is 42.5 Å². The molecule has 0 bridgehead atoms. The predicted molar refractivity (Wildman–Crippen MR) is 92.9 cm³/mol. The Balaban J connectivity index is 1.84. The second-order valence-corrected chi connectivity index (χ2v) is 5.65. The van der Waals surface area contributed by atoms with Crippen molar-refractivity contribution in [3.8, 4) is 17.0 Å². The van der Waals surface area contributed by atoms with Gasteiger partial charge in [-0.2, -0.15) is 0 Å². The highest BCUT2D eigenvalue weighted by Gasteiger charge is 2.25. The van der Waals surface area contributed by atoms with E-state index in [0.29, 0.717) is 28.4 Å². The molecule has 0 aliphatic carbocycles. The molecule has 0 unspecified atom stereocenters. The Labute approximate surface area is 143 Å². The van der Waals surface area contributed by atoms with Gasteiger partial charge in [0.1, 0.15) is 11.5 Å². The van der Waals surface area contributed by atoms with E-state index in [1.165, 1.54) is 0 Å². The highest BCUT2D eigenvalue weighted by molar-refractivity contribution is 6.13. The lowest BCUT2D eigenvalue weighted by Gasteiger charge is -2.00. The number of carbonyl (C=O) groups is 1. The van der Waals surface area contributed by atoms with Crippen LogP contribution in [-0.2, 0) is 0 Å². The first kappa shape index (κ1) is 15.2. The molecule has 0 fully saturated rings. The molecule has 4 rings (SSSR count). The lowest BCUT2D eigenvalue weighted by molar-refractivity contribution is 0.101. The molecule has 4 aromatic rings. The smallest absolute Gasteiger partial charge is 0.234 e. The van der Waals surface area contributed by atoms with Gasteiger partial charge in [0.05, 0.1) is 12.7 Å². The number of furan rings is 1. The maximum absolute atomic E-state index is 13.1. The van der Waals surface area contributed by atoms with Gasteiger partial charge in [0, 0.05) is 10.9 Å². The molecule has 5 heteroatoms. The quantitative estimate of drug-likeness (QED) is 0.509. The lowest BCUT2D eigenvalue weighted by atomic mass is 10.0. The largest absolute Gasteiger partial charge is 0.493 e. The van der Waals surface area contributed by atoms with E-state index in [2.05, 4.69) is 5.16 Å². The molecule has 124 valence electrons.